The molecule has 0 spiro atoms. The van der Waals surface area contributed by atoms with Crippen LogP contribution in [0.2, 0.25) is 0 Å². The number of rotatable bonds is 8. The number of hydrogen-bond donors (Lipinski definition) is 1. The molecular weight excluding hydrogens is 404 g/mol. The molecule has 2 heterocycles. The average molecular weight is 437 g/mol. The Morgan fingerprint density at radius 1 is 1.06 bits per heavy atom. The first-order valence-electron chi connectivity index (χ1n) is 11.1. The summed E-state index contributed by atoms with van der Waals surface area (Å²) in [7, 11) is 3.58. The van der Waals surface area contributed by atoms with Crippen LogP contribution in [0.5, 0.6) is 11.5 Å². The normalized spacial score (nSPS) is 15.6. The second kappa shape index (κ2) is 10.1. The van der Waals surface area contributed by atoms with Gasteiger partial charge >= 0.3 is 0 Å². The number of para-hydroxylation sites is 1. The predicted molar refractivity (Wildman–Crippen MR) is 125 cm³/mol. The summed E-state index contributed by atoms with van der Waals surface area (Å²) in [4.78, 5) is 9.14. The molecule has 1 N–H and O–H groups in total. The smallest absolute Gasteiger partial charge is 0.161 e. The zero-order valence-corrected chi connectivity index (χ0v) is 19.1. The van der Waals surface area contributed by atoms with Gasteiger partial charge in [0.15, 0.2) is 11.5 Å². The van der Waals surface area contributed by atoms with E-state index in [-0.39, 0.29) is 0 Å². The van der Waals surface area contributed by atoms with Crippen LogP contribution in [0.25, 0.3) is 0 Å². The van der Waals surface area contributed by atoms with Crippen LogP contribution in [0.3, 0.4) is 0 Å². The van der Waals surface area contributed by atoms with Gasteiger partial charge in [-0.15, -0.1) is 0 Å². The van der Waals surface area contributed by atoms with Crippen LogP contribution >= 0.6 is 0 Å². The Bertz CT molecular complexity index is 1030. The van der Waals surface area contributed by atoms with Crippen LogP contribution < -0.4 is 14.4 Å². The van der Waals surface area contributed by atoms with Crippen molar-refractivity contribution in [2.45, 2.75) is 19.6 Å². The standard InChI is InChI=1S/C25H32N4O3/c1-4-32-22-10-9-19(17-23(22)31-3)18-28-13-15-29(16-14-28)21-8-6-5-7-20(21)24(30)25-26-11-12-27(25)2/h5-12,17,24,30H,4,13-16,18H2,1-3H3. The second-order valence-corrected chi connectivity index (χ2v) is 8.04. The number of hydrogen-bond acceptors (Lipinski definition) is 6. The quantitative estimate of drug-likeness (QED) is 0.585. The maximum atomic E-state index is 11.0. The minimum absolute atomic E-state index is 0.619. The number of methoxy groups -OCH3 is 1. The van der Waals surface area contributed by atoms with E-state index in [1.165, 1.54) is 5.56 Å². The van der Waals surface area contributed by atoms with E-state index < -0.39 is 6.10 Å². The Labute approximate surface area is 189 Å². The van der Waals surface area contributed by atoms with Crippen molar-refractivity contribution in [1.29, 1.82) is 0 Å². The molecule has 0 radical (unpaired) electrons. The van der Waals surface area contributed by atoms with E-state index in [9.17, 15) is 5.11 Å². The van der Waals surface area contributed by atoms with Gasteiger partial charge in [0.05, 0.1) is 13.7 Å². The van der Waals surface area contributed by atoms with Crippen LogP contribution in [0.15, 0.2) is 54.9 Å². The molecule has 1 fully saturated rings. The minimum Gasteiger partial charge on any atom is -0.493 e. The molecule has 4 rings (SSSR count). The van der Waals surface area contributed by atoms with Gasteiger partial charge in [0.1, 0.15) is 11.9 Å². The lowest BCUT2D eigenvalue weighted by molar-refractivity contribution is 0.205. The third kappa shape index (κ3) is 4.74. The molecule has 0 aliphatic carbocycles. The lowest BCUT2D eigenvalue weighted by Gasteiger charge is -2.37. The molecule has 0 bridgehead atoms. The molecule has 1 atom stereocenters. The Balaban J connectivity index is 1.42. The Morgan fingerprint density at radius 3 is 2.53 bits per heavy atom. The van der Waals surface area contributed by atoms with Gasteiger partial charge in [-0.05, 0) is 30.7 Å². The molecule has 7 heteroatoms. The fourth-order valence-corrected chi connectivity index (χ4v) is 4.28. The molecule has 1 aliphatic heterocycles. The first-order chi connectivity index (χ1) is 15.6. The molecule has 3 aromatic rings. The van der Waals surface area contributed by atoms with Crippen LogP contribution in [-0.4, -0.2) is 59.5 Å². The monoisotopic (exact) mass is 436 g/mol. The van der Waals surface area contributed by atoms with E-state index in [0.29, 0.717) is 12.4 Å². The number of aryl methyl sites for hydroxylation is 1. The zero-order valence-electron chi connectivity index (χ0n) is 19.1. The summed E-state index contributed by atoms with van der Waals surface area (Å²) in [6.45, 7) is 7.16. The molecule has 7 nitrogen and oxygen atoms in total. The third-order valence-corrected chi connectivity index (χ3v) is 5.98. The van der Waals surface area contributed by atoms with Gasteiger partial charge in [0, 0.05) is 63.4 Å². The van der Waals surface area contributed by atoms with Gasteiger partial charge in [0.25, 0.3) is 0 Å². The number of aromatic nitrogens is 2. The zero-order chi connectivity index (χ0) is 22.5. The van der Waals surface area contributed by atoms with Gasteiger partial charge in [-0.25, -0.2) is 4.98 Å². The summed E-state index contributed by atoms with van der Waals surface area (Å²) in [5, 5.41) is 11.0. The number of ether oxygens (including phenoxy) is 2. The van der Waals surface area contributed by atoms with Crippen molar-refractivity contribution in [3.05, 3.63) is 71.8 Å². The van der Waals surface area contributed by atoms with Gasteiger partial charge in [-0.3, -0.25) is 4.90 Å². The number of aliphatic hydroxyl groups is 1. The highest BCUT2D eigenvalue weighted by Gasteiger charge is 2.24. The minimum atomic E-state index is -0.749. The summed E-state index contributed by atoms with van der Waals surface area (Å²) in [6, 6.07) is 14.3. The lowest BCUT2D eigenvalue weighted by Crippen LogP contribution is -2.46. The summed E-state index contributed by atoms with van der Waals surface area (Å²) < 4.78 is 13.0. The van der Waals surface area contributed by atoms with Crippen molar-refractivity contribution < 1.29 is 14.6 Å². The highest BCUT2D eigenvalue weighted by molar-refractivity contribution is 5.56. The van der Waals surface area contributed by atoms with E-state index >= 15 is 0 Å². The van der Waals surface area contributed by atoms with Gasteiger partial charge in [0.2, 0.25) is 0 Å². The van der Waals surface area contributed by atoms with E-state index in [2.05, 4.69) is 33.0 Å². The van der Waals surface area contributed by atoms with E-state index in [1.807, 2.05) is 49.0 Å². The molecule has 0 saturated carbocycles. The SMILES string of the molecule is CCOc1ccc(CN2CCN(c3ccccc3C(O)c3nccn3C)CC2)cc1OC. The number of aliphatic hydroxyl groups excluding tert-OH is 1. The summed E-state index contributed by atoms with van der Waals surface area (Å²) in [6.07, 6.45) is 2.83. The first kappa shape index (κ1) is 22.2. The first-order valence-corrected chi connectivity index (χ1v) is 11.1. The fourth-order valence-electron chi connectivity index (χ4n) is 4.28. The maximum absolute atomic E-state index is 11.0. The Hall–Kier alpha value is -3.03. The van der Waals surface area contributed by atoms with Crippen molar-refractivity contribution in [1.82, 2.24) is 14.5 Å². The number of anilines is 1. The molecule has 1 aliphatic rings. The van der Waals surface area contributed by atoms with Gasteiger partial charge in [-0.2, -0.15) is 0 Å². The van der Waals surface area contributed by atoms with Crippen LogP contribution in [0.1, 0.15) is 30.0 Å². The predicted octanol–water partition coefficient (Wildman–Crippen LogP) is 3.23. The van der Waals surface area contributed by atoms with Crippen LogP contribution in [0.4, 0.5) is 5.69 Å². The summed E-state index contributed by atoms with van der Waals surface area (Å²) in [5.41, 5.74) is 3.18. The van der Waals surface area contributed by atoms with E-state index in [1.54, 1.807) is 13.3 Å². The molecule has 0 amide bonds. The van der Waals surface area contributed by atoms with Gasteiger partial charge in [-0.1, -0.05) is 24.3 Å². The molecule has 32 heavy (non-hydrogen) atoms. The van der Waals surface area contributed by atoms with E-state index in [0.717, 1.165) is 55.5 Å². The highest BCUT2D eigenvalue weighted by Crippen LogP contribution is 2.31. The summed E-state index contributed by atoms with van der Waals surface area (Å²) >= 11 is 0. The van der Waals surface area contributed by atoms with Crippen molar-refractivity contribution in [2.24, 2.45) is 7.05 Å². The van der Waals surface area contributed by atoms with Crippen LogP contribution in [0, 0.1) is 0 Å². The topological polar surface area (TPSA) is 63.0 Å². The van der Waals surface area contributed by atoms with E-state index in [4.69, 9.17) is 9.47 Å². The van der Waals surface area contributed by atoms with Crippen molar-refractivity contribution >= 4 is 5.69 Å². The van der Waals surface area contributed by atoms with Crippen molar-refractivity contribution in [3.8, 4) is 11.5 Å². The van der Waals surface area contributed by atoms with Crippen molar-refractivity contribution in [2.75, 3.05) is 44.8 Å². The molecule has 2 aromatic carbocycles. The number of benzene rings is 2. The average Bonchev–Trinajstić information content (AvgIpc) is 3.26. The fraction of sp³-hybridized carbons (Fsp3) is 0.400. The van der Waals surface area contributed by atoms with Crippen LogP contribution in [-0.2, 0) is 13.6 Å². The molecule has 170 valence electrons. The maximum Gasteiger partial charge on any atom is 0.161 e. The molecular formula is C25H32N4O3. The number of nitrogens with zero attached hydrogens (tertiary/aromatic N) is 4. The summed E-state index contributed by atoms with van der Waals surface area (Å²) in [5.74, 6) is 2.21. The molecule has 1 saturated heterocycles. The second-order valence-electron chi connectivity index (χ2n) is 8.04. The molecule has 1 unspecified atom stereocenters. The van der Waals surface area contributed by atoms with Crippen molar-refractivity contribution in [3.63, 3.8) is 0 Å². The largest absolute Gasteiger partial charge is 0.493 e. The third-order valence-electron chi connectivity index (χ3n) is 5.98. The Kier molecular flexibility index (Phi) is 6.97. The van der Waals surface area contributed by atoms with Gasteiger partial charge < -0.3 is 24.0 Å². The lowest BCUT2D eigenvalue weighted by atomic mass is 10.0. The number of imidazole rings is 1. The highest BCUT2D eigenvalue weighted by atomic mass is 16.5. The molecule has 1 aromatic heterocycles. The number of piperazine rings is 1. The Morgan fingerprint density at radius 2 is 1.84 bits per heavy atom.